The second kappa shape index (κ2) is 16.6. The lowest BCUT2D eigenvalue weighted by Gasteiger charge is -2.33. The molecule has 0 unspecified atom stereocenters. The number of carbonyl (C=O) groups is 1. The molecule has 0 aromatic carbocycles. The Morgan fingerprint density at radius 3 is 1.85 bits per heavy atom. The van der Waals surface area contributed by atoms with Crippen molar-refractivity contribution >= 4 is 5.78 Å². The minimum Gasteiger partial charge on any atom is -0.380 e. The van der Waals surface area contributed by atoms with Crippen LogP contribution in [0.4, 0.5) is 0 Å². The van der Waals surface area contributed by atoms with Gasteiger partial charge in [0.15, 0.2) is 0 Å². The van der Waals surface area contributed by atoms with Gasteiger partial charge in [-0.25, -0.2) is 0 Å². The first-order chi connectivity index (χ1) is 9.63. The summed E-state index contributed by atoms with van der Waals surface area (Å²) >= 11 is 0. The molecule has 0 atom stereocenters. The first-order valence-corrected chi connectivity index (χ1v) is 8.15. The minimum absolute atomic E-state index is 0.262. The van der Waals surface area contributed by atoms with Crippen LogP contribution in [0.1, 0.15) is 48.0 Å². The summed E-state index contributed by atoms with van der Waals surface area (Å²) in [4.78, 5) is 15.5. The SMILES string of the molecule is CC.CCC.CCOCCN1CCN(CC(C)=O)CC1. The molecule has 1 aliphatic rings. The predicted octanol–water partition coefficient (Wildman–Crippen LogP) is 2.67. The van der Waals surface area contributed by atoms with Crippen LogP contribution in [0.15, 0.2) is 0 Å². The van der Waals surface area contributed by atoms with Crippen molar-refractivity contribution in [3.63, 3.8) is 0 Å². The molecule has 0 radical (unpaired) electrons. The van der Waals surface area contributed by atoms with Gasteiger partial charge in [0, 0.05) is 39.3 Å². The van der Waals surface area contributed by atoms with E-state index >= 15 is 0 Å². The fraction of sp³-hybridized carbons (Fsp3) is 0.938. The van der Waals surface area contributed by atoms with Gasteiger partial charge >= 0.3 is 0 Å². The van der Waals surface area contributed by atoms with Crippen molar-refractivity contribution in [2.24, 2.45) is 0 Å². The Hall–Kier alpha value is -0.450. The van der Waals surface area contributed by atoms with E-state index in [1.165, 1.54) is 6.42 Å². The van der Waals surface area contributed by atoms with Crippen molar-refractivity contribution in [3.05, 3.63) is 0 Å². The zero-order chi connectivity index (χ0) is 15.8. The summed E-state index contributed by atoms with van der Waals surface area (Å²) in [7, 11) is 0. The van der Waals surface area contributed by atoms with Crippen LogP contribution < -0.4 is 0 Å². The highest BCUT2D eigenvalue weighted by Crippen LogP contribution is 2.01. The maximum Gasteiger partial charge on any atom is 0.143 e. The van der Waals surface area contributed by atoms with Gasteiger partial charge in [-0.15, -0.1) is 0 Å². The van der Waals surface area contributed by atoms with Gasteiger partial charge in [0.1, 0.15) is 5.78 Å². The fourth-order valence-electron chi connectivity index (χ4n) is 1.82. The monoisotopic (exact) mass is 288 g/mol. The largest absolute Gasteiger partial charge is 0.380 e. The van der Waals surface area contributed by atoms with Crippen molar-refractivity contribution < 1.29 is 9.53 Å². The second-order valence-corrected chi connectivity index (χ2v) is 4.72. The summed E-state index contributed by atoms with van der Waals surface area (Å²) in [6.07, 6.45) is 1.25. The molecule has 122 valence electrons. The summed E-state index contributed by atoms with van der Waals surface area (Å²) in [6, 6.07) is 0. The molecule has 0 spiro atoms. The predicted molar refractivity (Wildman–Crippen MR) is 87.4 cm³/mol. The second-order valence-electron chi connectivity index (χ2n) is 4.72. The summed E-state index contributed by atoms with van der Waals surface area (Å²) in [5.41, 5.74) is 0. The standard InChI is InChI=1S/C11H22N2O2.C3H8.C2H6/c1-3-15-9-8-12-4-6-13(7-5-12)10-11(2)14;1-3-2;1-2/h3-10H2,1-2H3;3H2,1-2H3;1-2H3. The molecule has 4 heteroatoms. The third kappa shape index (κ3) is 14.0. The molecule has 0 amide bonds. The molecule has 4 nitrogen and oxygen atoms in total. The Labute approximate surface area is 126 Å². The van der Waals surface area contributed by atoms with Gasteiger partial charge in [-0.2, -0.15) is 0 Å². The summed E-state index contributed by atoms with van der Waals surface area (Å²) in [5, 5.41) is 0. The maximum absolute atomic E-state index is 10.9. The average molecular weight is 288 g/mol. The van der Waals surface area contributed by atoms with Crippen molar-refractivity contribution in [1.82, 2.24) is 9.80 Å². The highest BCUT2D eigenvalue weighted by molar-refractivity contribution is 5.77. The van der Waals surface area contributed by atoms with Crippen LogP contribution in [-0.2, 0) is 9.53 Å². The molecule has 1 aliphatic heterocycles. The van der Waals surface area contributed by atoms with Crippen molar-refractivity contribution in [2.75, 3.05) is 52.5 Å². The van der Waals surface area contributed by atoms with E-state index in [1.807, 2.05) is 20.8 Å². The molecule has 0 aromatic rings. The van der Waals surface area contributed by atoms with E-state index in [0.717, 1.165) is 45.9 Å². The molecule has 0 aromatic heterocycles. The van der Waals surface area contributed by atoms with Crippen LogP contribution >= 0.6 is 0 Å². The third-order valence-corrected chi connectivity index (χ3v) is 2.67. The molecule has 1 rings (SSSR count). The Kier molecular flexibility index (Phi) is 18.1. The van der Waals surface area contributed by atoms with Crippen LogP contribution in [0.3, 0.4) is 0 Å². The summed E-state index contributed by atoms with van der Waals surface area (Å²) in [5.74, 6) is 0.262. The molecule has 1 fully saturated rings. The van der Waals surface area contributed by atoms with E-state index in [2.05, 4.69) is 23.6 Å². The van der Waals surface area contributed by atoms with Gasteiger partial charge in [-0.1, -0.05) is 34.1 Å². The molecule has 20 heavy (non-hydrogen) atoms. The third-order valence-electron chi connectivity index (χ3n) is 2.67. The fourth-order valence-corrected chi connectivity index (χ4v) is 1.82. The van der Waals surface area contributed by atoms with E-state index in [1.54, 1.807) is 6.92 Å². The molecule has 1 saturated heterocycles. The lowest BCUT2D eigenvalue weighted by atomic mass is 10.3. The zero-order valence-corrected chi connectivity index (χ0v) is 14.6. The number of ether oxygens (including phenoxy) is 1. The highest BCUT2D eigenvalue weighted by Gasteiger charge is 2.16. The Balaban J connectivity index is 0. The number of rotatable bonds is 6. The van der Waals surface area contributed by atoms with Gasteiger partial charge < -0.3 is 4.74 Å². The molecule has 0 saturated carbocycles. The van der Waals surface area contributed by atoms with Crippen LogP contribution in [0.5, 0.6) is 0 Å². The minimum atomic E-state index is 0.262. The van der Waals surface area contributed by atoms with E-state index < -0.39 is 0 Å². The van der Waals surface area contributed by atoms with Gasteiger partial charge in [-0.05, 0) is 13.8 Å². The lowest BCUT2D eigenvalue weighted by molar-refractivity contribution is -0.118. The summed E-state index contributed by atoms with van der Waals surface area (Å²) in [6.45, 7) is 19.3. The van der Waals surface area contributed by atoms with Crippen LogP contribution in [-0.4, -0.2) is 68.1 Å². The number of Topliss-reactive ketones (excluding diaryl/α,β-unsaturated/α-hetero) is 1. The highest BCUT2D eigenvalue weighted by atomic mass is 16.5. The van der Waals surface area contributed by atoms with Gasteiger partial charge in [0.25, 0.3) is 0 Å². The quantitative estimate of drug-likeness (QED) is 0.704. The first-order valence-electron chi connectivity index (χ1n) is 8.15. The van der Waals surface area contributed by atoms with Crippen molar-refractivity contribution in [1.29, 1.82) is 0 Å². The van der Waals surface area contributed by atoms with E-state index in [-0.39, 0.29) is 5.78 Å². The first kappa shape index (κ1) is 21.8. The normalized spacial score (nSPS) is 15.7. The number of ketones is 1. The molecule has 0 bridgehead atoms. The van der Waals surface area contributed by atoms with E-state index in [0.29, 0.717) is 6.54 Å². The molecule has 0 aliphatic carbocycles. The van der Waals surface area contributed by atoms with E-state index in [4.69, 9.17) is 4.74 Å². The summed E-state index contributed by atoms with van der Waals surface area (Å²) < 4.78 is 5.32. The Morgan fingerprint density at radius 1 is 1.00 bits per heavy atom. The van der Waals surface area contributed by atoms with Crippen LogP contribution in [0, 0.1) is 0 Å². The van der Waals surface area contributed by atoms with Crippen LogP contribution in [0.2, 0.25) is 0 Å². The average Bonchev–Trinajstić information content (AvgIpc) is 2.44. The van der Waals surface area contributed by atoms with Gasteiger partial charge in [0.05, 0.1) is 13.2 Å². The van der Waals surface area contributed by atoms with Crippen molar-refractivity contribution in [2.45, 2.75) is 48.0 Å². The number of nitrogens with zero attached hydrogens (tertiary/aromatic N) is 2. The smallest absolute Gasteiger partial charge is 0.143 e. The maximum atomic E-state index is 10.9. The zero-order valence-electron chi connectivity index (χ0n) is 14.6. The van der Waals surface area contributed by atoms with Crippen LogP contribution in [0.25, 0.3) is 0 Å². The molecule has 1 heterocycles. The number of hydrogen-bond acceptors (Lipinski definition) is 4. The molecular weight excluding hydrogens is 252 g/mol. The number of carbonyl (C=O) groups excluding carboxylic acids is 1. The number of piperazine rings is 1. The Morgan fingerprint density at radius 2 is 1.45 bits per heavy atom. The molecular formula is C16H36N2O2. The lowest BCUT2D eigenvalue weighted by Crippen LogP contribution is -2.48. The topological polar surface area (TPSA) is 32.8 Å². The number of hydrogen-bond donors (Lipinski definition) is 0. The van der Waals surface area contributed by atoms with Gasteiger partial charge in [0.2, 0.25) is 0 Å². The van der Waals surface area contributed by atoms with Crippen molar-refractivity contribution in [3.8, 4) is 0 Å². The Bertz CT molecular complexity index is 203. The molecule has 0 N–H and O–H groups in total. The van der Waals surface area contributed by atoms with E-state index in [9.17, 15) is 4.79 Å². The van der Waals surface area contributed by atoms with Gasteiger partial charge in [-0.3, -0.25) is 14.6 Å².